The van der Waals surface area contributed by atoms with Crippen molar-refractivity contribution in [1.82, 2.24) is 10.3 Å². The zero-order valence-electron chi connectivity index (χ0n) is 13.1. The predicted molar refractivity (Wildman–Crippen MR) is 92.7 cm³/mol. The van der Waals surface area contributed by atoms with Crippen molar-refractivity contribution in [2.75, 3.05) is 19.0 Å². The van der Waals surface area contributed by atoms with Crippen LogP contribution < -0.4 is 5.32 Å². The molecule has 2 fully saturated rings. The maximum atomic E-state index is 12.3. The smallest absolute Gasteiger partial charge is 0.230 e. The highest BCUT2D eigenvalue weighted by Crippen LogP contribution is 2.48. The molecule has 1 saturated carbocycles. The minimum atomic E-state index is 0.149. The van der Waals surface area contributed by atoms with Crippen LogP contribution in [0.2, 0.25) is 0 Å². The highest BCUT2D eigenvalue weighted by Gasteiger charge is 2.47. The lowest BCUT2D eigenvalue weighted by Crippen LogP contribution is -2.57. The Hall–Kier alpha value is -1.46. The van der Waals surface area contributed by atoms with Gasteiger partial charge in [-0.15, -0.1) is 11.8 Å². The minimum absolute atomic E-state index is 0.149. The second kappa shape index (κ2) is 6.21. The number of nitrogens with one attached hydrogen (secondary N) is 2. The van der Waals surface area contributed by atoms with Crippen molar-refractivity contribution in [2.24, 2.45) is 5.41 Å². The number of H-pyrrole nitrogens is 1. The number of carbonyl (C=O) groups is 1. The molecule has 23 heavy (non-hydrogen) atoms. The second-order valence-electron chi connectivity index (χ2n) is 6.62. The van der Waals surface area contributed by atoms with Crippen LogP contribution >= 0.6 is 11.8 Å². The quantitative estimate of drug-likeness (QED) is 0.846. The summed E-state index contributed by atoms with van der Waals surface area (Å²) in [5, 5.41) is 4.45. The third-order valence-corrected chi connectivity index (χ3v) is 6.46. The number of aromatic nitrogens is 1. The van der Waals surface area contributed by atoms with E-state index in [0.29, 0.717) is 17.2 Å². The van der Waals surface area contributed by atoms with Crippen LogP contribution in [0.25, 0.3) is 10.9 Å². The molecule has 4 rings (SSSR count). The van der Waals surface area contributed by atoms with Gasteiger partial charge in [-0.2, -0.15) is 0 Å². The Kier molecular flexibility index (Phi) is 4.07. The molecule has 0 radical (unpaired) electrons. The molecular weight excluding hydrogens is 308 g/mol. The summed E-state index contributed by atoms with van der Waals surface area (Å²) >= 11 is 1.61. The highest BCUT2D eigenvalue weighted by molar-refractivity contribution is 8.00. The third kappa shape index (κ3) is 2.88. The molecule has 1 aromatic heterocycles. The van der Waals surface area contributed by atoms with Gasteiger partial charge in [-0.25, -0.2) is 0 Å². The molecule has 2 aromatic rings. The molecule has 2 heterocycles. The Morgan fingerprint density at radius 1 is 1.30 bits per heavy atom. The number of ether oxygens (including phenoxy) is 1. The Labute approximate surface area is 140 Å². The molecule has 1 unspecified atom stereocenters. The van der Waals surface area contributed by atoms with Crippen molar-refractivity contribution in [1.29, 1.82) is 0 Å². The molecule has 1 atom stereocenters. The fraction of sp³-hybridized carbons (Fsp3) is 0.500. The molecule has 4 nitrogen and oxygen atoms in total. The summed E-state index contributed by atoms with van der Waals surface area (Å²) in [6, 6.07) is 8.55. The van der Waals surface area contributed by atoms with Crippen LogP contribution in [0.4, 0.5) is 0 Å². The second-order valence-corrected chi connectivity index (χ2v) is 7.64. The number of carbonyl (C=O) groups excluding carboxylic acids is 1. The summed E-state index contributed by atoms with van der Waals surface area (Å²) in [5.41, 5.74) is 1.44. The van der Waals surface area contributed by atoms with E-state index in [-0.39, 0.29) is 5.91 Å². The van der Waals surface area contributed by atoms with E-state index >= 15 is 0 Å². The van der Waals surface area contributed by atoms with Gasteiger partial charge in [-0.3, -0.25) is 4.79 Å². The first-order valence-corrected chi connectivity index (χ1v) is 9.31. The number of aromatic amines is 1. The van der Waals surface area contributed by atoms with Crippen molar-refractivity contribution in [3.63, 3.8) is 0 Å². The molecule has 2 aliphatic rings. The zero-order chi connectivity index (χ0) is 15.7. The number of hydrogen-bond acceptors (Lipinski definition) is 3. The monoisotopic (exact) mass is 330 g/mol. The average molecular weight is 330 g/mol. The Morgan fingerprint density at radius 2 is 2.13 bits per heavy atom. The molecule has 0 bridgehead atoms. The summed E-state index contributed by atoms with van der Waals surface area (Å²) in [6.07, 6.45) is 6.52. The van der Waals surface area contributed by atoms with Gasteiger partial charge in [-0.1, -0.05) is 18.2 Å². The molecule has 1 aliphatic carbocycles. The number of rotatable bonds is 4. The van der Waals surface area contributed by atoms with Crippen LogP contribution in [0.15, 0.2) is 35.4 Å². The number of para-hydroxylation sites is 1. The number of amides is 1. The lowest BCUT2D eigenvalue weighted by Gasteiger charge is -2.52. The summed E-state index contributed by atoms with van der Waals surface area (Å²) in [7, 11) is 0. The predicted octanol–water partition coefficient (Wildman–Crippen LogP) is 3.34. The average Bonchev–Trinajstić information content (AvgIpc) is 3.01. The number of hydrogen-bond donors (Lipinski definition) is 2. The van der Waals surface area contributed by atoms with Gasteiger partial charge in [0.15, 0.2) is 0 Å². The maximum absolute atomic E-state index is 12.3. The van der Waals surface area contributed by atoms with Crippen LogP contribution in [-0.2, 0) is 9.53 Å². The van der Waals surface area contributed by atoms with E-state index in [9.17, 15) is 4.79 Å². The molecule has 1 amide bonds. The van der Waals surface area contributed by atoms with Gasteiger partial charge < -0.3 is 15.0 Å². The summed E-state index contributed by atoms with van der Waals surface area (Å²) in [5.74, 6) is 0.626. The van der Waals surface area contributed by atoms with E-state index in [1.165, 1.54) is 11.8 Å². The molecule has 2 N–H and O–H groups in total. The zero-order valence-corrected chi connectivity index (χ0v) is 14.0. The number of thioether (sulfide) groups is 1. The Balaban J connectivity index is 1.34. The number of fused-ring (bicyclic) bond motifs is 1. The van der Waals surface area contributed by atoms with Gasteiger partial charge in [0.1, 0.15) is 0 Å². The molecule has 1 spiro atoms. The Morgan fingerprint density at radius 3 is 2.91 bits per heavy atom. The topological polar surface area (TPSA) is 54.1 Å². The van der Waals surface area contributed by atoms with Gasteiger partial charge in [0.2, 0.25) is 5.91 Å². The van der Waals surface area contributed by atoms with Crippen molar-refractivity contribution < 1.29 is 9.53 Å². The fourth-order valence-electron chi connectivity index (χ4n) is 3.84. The molecule has 5 heteroatoms. The Bertz CT molecular complexity index is 706. The van der Waals surface area contributed by atoms with Crippen molar-refractivity contribution in [3.05, 3.63) is 30.5 Å². The SMILES string of the molecule is O=C(CSc1c[nH]c2ccccc12)NC1CCC12CCOCC2. The van der Waals surface area contributed by atoms with E-state index in [4.69, 9.17) is 4.74 Å². The first-order chi connectivity index (χ1) is 11.3. The van der Waals surface area contributed by atoms with Crippen LogP contribution in [0, 0.1) is 5.41 Å². The van der Waals surface area contributed by atoms with Crippen LogP contribution in [-0.4, -0.2) is 35.9 Å². The van der Waals surface area contributed by atoms with Crippen LogP contribution in [0.5, 0.6) is 0 Å². The molecule has 1 aromatic carbocycles. The minimum Gasteiger partial charge on any atom is -0.381 e. The van der Waals surface area contributed by atoms with Crippen molar-refractivity contribution >= 4 is 28.6 Å². The van der Waals surface area contributed by atoms with E-state index in [1.54, 1.807) is 11.8 Å². The van der Waals surface area contributed by atoms with Gasteiger partial charge >= 0.3 is 0 Å². The van der Waals surface area contributed by atoms with Gasteiger partial charge in [-0.05, 0) is 37.2 Å². The van der Waals surface area contributed by atoms with E-state index in [2.05, 4.69) is 22.4 Å². The van der Waals surface area contributed by atoms with Crippen molar-refractivity contribution in [2.45, 2.75) is 36.6 Å². The molecular formula is C18H22N2O2S. The summed E-state index contributed by atoms with van der Waals surface area (Å²) in [4.78, 5) is 16.7. The van der Waals surface area contributed by atoms with Crippen molar-refractivity contribution in [3.8, 4) is 0 Å². The molecule has 1 saturated heterocycles. The van der Waals surface area contributed by atoms with E-state index < -0.39 is 0 Å². The largest absolute Gasteiger partial charge is 0.381 e. The number of benzene rings is 1. The maximum Gasteiger partial charge on any atom is 0.230 e. The lowest BCUT2D eigenvalue weighted by atomic mass is 9.60. The standard InChI is InChI=1S/C18H22N2O2S/c21-17(20-16-5-6-18(16)7-9-22-10-8-18)12-23-15-11-19-14-4-2-1-3-13(14)15/h1-4,11,16,19H,5-10,12H2,(H,20,21). The first-order valence-electron chi connectivity index (χ1n) is 8.33. The highest BCUT2D eigenvalue weighted by atomic mass is 32.2. The van der Waals surface area contributed by atoms with Gasteiger partial charge in [0, 0.05) is 41.3 Å². The van der Waals surface area contributed by atoms with E-state index in [1.807, 2.05) is 18.3 Å². The third-order valence-electron chi connectivity index (χ3n) is 5.40. The fourth-order valence-corrected chi connectivity index (χ4v) is 4.69. The van der Waals surface area contributed by atoms with Crippen LogP contribution in [0.1, 0.15) is 25.7 Å². The van der Waals surface area contributed by atoms with Gasteiger partial charge in [0.05, 0.1) is 5.75 Å². The van der Waals surface area contributed by atoms with Crippen LogP contribution in [0.3, 0.4) is 0 Å². The normalized spacial score (nSPS) is 22.9. The molecule has 122 valence electrons. The first kappa shape index (κ1) is 15.1. The summed E-state index contributed by atoms with van der Waals surface area (Å²) < 4.78 is 5.47. The molecule has 1 aliphatic heterocycles. The lowest BCUT2D eigenvalue weighted by molar-refractivity contribution is -0.124. The van der Waals surface area contributed by atoms with E-state index in [0.717, 1.165) is 42.9 Å². The summed E-state index contributed by atoms with van der Waals surface area (Å²) in [6.45, 7) is 1.69. The van der Waals surface area contributed by atoms with Gasteiger partial charge in [0.25, 0.3) is 0 Å².